The average molecular weight is 386 g/mol. The molecule has 0 aliphatic heterocycles. The quantitative estimate of drug-likeness (QED) is 0.378. The number of hydrogen-bond donors (Lipinski definition) is 0. The number of nitro benzene ring substituents is 1. The van der Waals surface area contributed by atoms with Crippen molar-refractivity contribution in [3.05, 3.63) is 62.0 Å². The molecule has 0 atom stereocenters. The van der Waals surface area contributed by atoms with Gasteiger partial charge >= 0.3 is 0 Å². The van der Waals surface area contributed by atoms with Crippen LogP contribution in [0, 0.1) is 10.1 Å². The number of allylic oxidation sites excluding steroid dienone is 3. The number of ether oxygens (including phenoxy) is 2. The van der Waals surface area contributed by atoms with Gasteiger partial charge in [0.15, 0.2) is 5.75 Å². The van der Waals surface area contributed by atoms with Gasteiger partial charge in [-0.1, -0.05) is 17.2 Å². The van der Waals surface area contributed by atoms with Crippen LogP contribution in [0.25, 0.3) is 10.9 Å². The fourth-order valence-electron chi connectivity index (χ4n) is 2.87. The van der Waals surface area contributed by atoms with Gasteiger partial charge in [0, 0.05) is 24.6 Å². The van der Waals surface area contributed by atoms with Gasteiger partial charge in [0.05, 0.1) is 17.5 Å². The molecule has 0 unspecified atom stereocenters. The molecule has 0 saturated heterocycles. The third-order valence-corrected chi connectivity index (χ3v) is 4.46. The molecule has 0 radical (unpaired) electrons. The summed E-state index contributed by atoms with van der Waals surface area (Å²) in [5, 5.41) is 11.7. The van der Waals surface area contributed by atoms with Gasteiger partial charge in [-0.2, -0.15) is 0 Å². The van der Waals surface area contributed by atoms with E-state index in [1.54, 1.807) is 13.1 Å². The molecular formula is C21H26N2O5. The number of methoxy groups -OCH3 is 1. The molecular weight excluding hydrogens is 360 g/mol. The maximum absolute atomic E-state index is 12.6. The second-order valence-electron chi connectivity index (χ2n) is 6.87. The van der Waals surface area contributed by atoms with Gasteiger partial charge in [-0.05, 0) is 45.8 Å². The van der Waals surface area contributed by atoms with E-state index >= 15 is 0 Å². The van der Waals surface area contributed by atoms with E-state index in [4.69, 9.17) is 9.47 Å². The van der Waals surface area contributed by atoms with Crippen molar-refractivity contribution in [3.63, 3.8) is 0 Å². The van der Waals surface area contributed by atoms with Crippen molar-refractivity contribution >= 4 is 16.6 Å². The van der Waals surface area contributed by atoms with Crippen LogP contribution in [-0.4, -0.2) is 23.2 Å². The lowest BCUT2D eigenvalue weighted by molar-refractivity contribution is -0.384. The molecule has 0 fully saturated rings. The van der Waals surface area contributed by atoms with Crippen LogP contribution >= 0.6 is 0 Å². The largest absolute Gasteiger partial charge is 0.488 e. The Balaban J connectivity index is 2.37. The summed E-state index contributed by atoms with van der Waals surface area (Å²) in [6.07, 6.45) is 6.04. The van der Waals surface area contributed by atoms with E-state index in [2.05, 4.69) is 19.9 Å². The zero-order valence-corrected chi connectivity index (χ0v) is 16.9. The van der Waals surface area contributed by atoms with Crippen LogP contribution in [0.2, 0.25) is 0 Å². The maximum Gasteiger partial charge on any atom is 0.297 e. The highest BCUT2D eigenvalue weighted by Gasteiger charge is 2.19. The molecule has 0 saturated carbocycles. The van der Waals surface area contributed by atoms with E-state index < -0.39 is 10.5 Å². The Labute approximate surface area is 164 Å². The number of rotatable bonds is 8. The van der Waals surface area contributed by atoms with E-state index in [1.165, 1.54) is 35.0 Å². The highest BCUT2D eigenvalue weighted by Crippen LogP contribution is 2.34. The maximum atomic E-state index is 12.6. The molecule has 28 heavy (non-hydrogen) atoms. The number of nitro groups is 1. The molecule has 7 nitrogen and oxygen atoms in total. The topological polar surface area (TPSA) is 83.6 Å². The highest BCUT2D eigenvalue weighted by molar-refractivity contribution is 5.89. The summed E-state index contributed by atoms with van der Waals surface area (Å²) in [4.78, 5) is 23.2. The van der Waals surface area contributed by atoms with Crippen molar-refractivity contribution in [3.8, 4) is 11.5 Å². The first-order valence-corrected chi connectivity index (χ1v) is 9.03. The van der Waals surface area contributed by atoms with Crippen LogP contribution in [0.4, 0.5) is 5.69 Å². The van der Waals surface area contributed by atoms with E-state index in [1.807, 2.05) is 13.0 Å². The van der Waals surface area contributed by atoms with Gasteiger partial charge in [-0.3, -0.25) is 14.9 Å². The van der Waals surface area contributed by atoms with Crippen molar-refractivity contribution in [2.24, 2.45) is 7.05 Å². The van der Waals surface area contributed by atoms with Crippen LogP contribution in [0.1, 0.15) is 33.6 Å². The molecule has 0 bridgehead atoms. The minimum atomic E-state index is -0.493. The lowest BCUT2D eigenvalue weighted by atomic mass is 10.1. The van der Waals surface area contributed by atoms with Gasteiger partial charge in [0.1, 0.15) is 6.61 Å². The number of pyridine rings is 1. The second-order valence-corrected chi connectivity index (χ2v) is 6.87. The summed E-state index contributed by atoms with van der Waals surface area (Å²) in [6.45, 7) is 6.45. The first-order valence-electron chi connectivity index (χ1n) is 9.03. The van der Waals surface area contributed by atoms with Crippen LogP contribution < -0.4 is 15.0 Å². The van der Waals surface area contributed by atoms with Gasteiger partial charge in [0.25, 0.3) is 11.2 Å². The number of fused-ring (bicyclic) bond motifs is 1. The molecule has 1 heterocycles. The monoisotopic (exact) mass is 386 g/mol. The summed E-state index contributed by atoms with van der Waals surface area (Å²) < 4.78 is 12.5. The molecule has 0 aliphatic carbocycles. The standard InChI is InChI=1S/C21H26N2O5/c1-14(2)7-6-8-15(3)11-12-28-19-17-10-9-16(23(25)26)13-18(17)22(4)21(24)20(19)27-5/h7,9-11,13H,6,8,12H2,1-5H3/b15-11+. The molecule has 2 rings (SSSR count). The van der Waals surface area contributed by atoms with Crippen LogP contribution in [0.3, 0.4) is 0 Å². The molecule has 2 aromatic rings. The van der Waals surface area contributed by atoms with E-state index in [-0.39, 0.29) is 18.0 Å². The first-order chi connectivity index (χ1) is 13.3. The molecule has 7 heteroatoms. The van der Waals surface area contributed by atoms with Crippen molar-refractivity contribution in [2.75, 3.05) is 13.7 Å². The fraction of sp³-hybridized carbons (Fsp3) is 0.381. The lowest BCUT2D eigenvalue weighted by Gasteiger charge is -2.15. The predicted octanol–water partition coefficient (Wildman–Crippen LogP) is 4.53. The normalized spacial score (nSPS) is 11.4. The SMILES string of the molecule is COc1c(OC/C=C(\C)CCC=C(C)C)c2ccc([N+](=O)[O-])cc2n(C)c1=O. The summed E-state index contributed by atoms with van der Waals surface area (Å²) in [6, 6.07) is 4.33. The third-order valence-electron chi connectivity index (χ3n) is 4.46. The predicted molar refractivity (Wildman–Crippen MR) is 110 cm³/mol. The summed E-state index contributed by atoms with van der Waals surface area (Å²) in [5.41, 5.74) is 2.39. The van der Waals surface area contributed by atoms with E-state index in [0.717, 1.165) is 12.8 Å². The minimum absolute atomic E-state index is 0.0828. The Hall–Kier alpha value is -3.09. The summed E-state index contributed by atoms with van der Waals surface area (Å²) >= 11 is 0. The van der Waals surface area contributed by atoms with Crippen molar-refractivity contribution in [1.29, 1.82) is 0 Å². The molecule has 1 aromatic carbocycles. The molecule has 0 amide bonds. The zero-order chi connectivity index (χ0) is 20.8. The van der Waals surface area contributed by atoms with Crippen LogP contribution in [0.15, 0.2) is 46.3 Å². The number of hydrogen-bond acceptors (Lipinski definition) is 5. The third kappa shape index (κ3) is 4.79. The molecule has 150 valence electrons. The van der Waals surface area contributed by atoms with Gasteiger partial charge < -0.3 is 14.0 Å². The van der Waals surface area contributed by atoms with Crippen LogP contribution in [-0.2, 0) is 7.05 Å². The van der Waals surface area contributed by atoms with E-state index in [9.17, 15) is 14.9 Å². The van der Waals surface area contributed by atoms with Crippen molar-refractivity contribution in [1.82, 2.24) is 4.57 Å². The number of aromatic nitrogens is 1. The smallest absolute Gasteiger partial charge is 0.297 e. The summed E-state index contributed by atoms with van der Waals surface area (Å²) in [5.74, 6) is 0.378. The minimum Gasteiger partial charge on any atom is -0.488 e. The summed E-state index contributed by atoms with van der Waals surface area (Å²) in [7, 11) is 2.95. The Morgan fingerprint density at radius 1 is 1.21 bits per heavy atom. The molecule has 0 aliphatic rings. The van der Waals surface area contributed by atoms with Crippen molar-refractivity contribution < 1.29 is 14.4 Å². The van der Waals surface area contributed by atoms with Gasteiger partial charge in [-0.25, -0.2) is 0 Å². The first kappa shape index (κ1) is 21.2. The van der Waals surface area contributed by atoms with Crippen LogP contribution in [0.5, 0.6) is 11.5 Å². The average Bonchev–Trinajstić information content (AvgIpc) is 2.65. The van der Waals surface area contributed by atoms with Gasteiger partial charge in [0.2, 0.25) is 5.75 Å². The number of non-ortho nitro benzene ring substituents is 1. The van der Waals surface area contributed by atoms with Crippen molar-refractivity contribution in [2.45, 2.75) is 33.6 Å². The molecule has 0 N–H and O–H groups in total. The lowest BCUT2D eigenvalue weighted by Crippen LogP contribution is -2.20. The molecule has 0 spiro atoms. The Bertz CT molecular complexity index is 998. The highest BCUT2D eigenvalue weighted by atomic mass is 16.6. The Morgan fingerprint density at radius 3 is 2.54 bits per heavy atom. The Kier molecular flexibility index (Phi) is 6.98. The molecule has 1 aromatic heterocycles. The number of benzene rings is 1. The number of nitrogens with zero attached hydrogens (tertiary/aromatic N) is 2. The second kappa shape index (κ2) is 9.21. The number of aryl methyl sites for hydroxylation is 1. The zero-order valence-electron chi connectivity index (χ0n) is 16.9. The van der Waals surface area contributed by atoms with E-state index in [0.29, 0.717) is 16.7 Å². The fourth-order valence-corrected chi connectivity index (χ4v) is 2.87. The van der Waals surface area contributed by atoms with Gasteiger partial charge in [-0.15, -0.1) is 0 Å². The Morgan fingerprint density at radius 2 is 1.93 bits per heavy atom.